The van der Waals surface area contributed by atoms with Gasteiger partial charge in [-0.25, -0.2) is 0 Å². The molecular weight excluding hydrogens is 198 g/mol. The third-order valence-corrected chi connectivity index (χ3v) is 2.82. The minimum Gasteiger partial charge on any atom is -0.360 e. The molecule has 1 aromatic carbocycles. The van der Waals surface area contributed by atoms with Crippen LogP contribution in [0.15, 0.2) is 24.4 Å². The summed E-state index contributed by atoms with van der Waals surface area (Å²) in [5, 5.41) is 1.15. The molecule has 0 saturated heterocycles. The van der Waals surface area contributed by atoms with E-state index in [1.807, 2.05) is 24.4 Å². The highest BCUT2D eigenvalue weighted by Crippen LogP contribution is 2.22. The molecule has 0 aliphatic heterocycles. The van der Waals surface area contributed by atoms with Gasteiger partial charge in [-0.1, -0.05) is 26.0 Å². The second-order valence-electron chi connectivity index (χ2n) is 4.72. The van der Waals surface area contributed by atoms with Gasteiger partial charge in [0, 0.05) is 23.6 Å². The van der Waals surface area contributed by atoms with Crippen LogP contribution < -0.4 is 0 Å². The number of benzene rings is 1. The Bertz CT molecular complexity index is 523. The predicted octanol–water partition coefficient (Wildman–Crippen LogP) is 3.71. The topological polar surface area (TPSA) is 32.9 Å². The number of aryl methyl sites for hydroxylation is 1. The van der Waals surface area contributed by atoms with Gasteiger partial charge in [0.2, 0.25) is 0 Å². The zero-order valence-corrected chi connectivity index (χ0v) is 10.0. The molecular formula is C14H17NO. The number of ketones is 1. The number of rotatable bonds is 3. The van der Waals surface area contributed by atoms with Gasteiger partial charge < -0.3 is 4.98 Å². The van der Waals surface area contributed by atoms with Crippen molar-refractivity contribution in [2.45, 2.75) is 27.2 Å². The lowest BCUT2D eigenvalue weighted by Gasteiger charge is -2.05. The average molecular weight is 215 g/mol. The number of nitrogens with one attached hydrogen (secondary N) is 1. The molecule has 0 bridgehead atoms. The van der Waals surface area contributed by atoms with Crippen molar-refractivity contribution in [3.05, 3.63) is 35.5 Å². The predicted molar refractivity (Wildman–Crippen MR) is 66.8 cm³/mol. The summed E-state index contributed by atoms with van der Waals surface area (Å²) in [5.74, 6) is 0.626. The Labute approximate surface area is 95.7 Å². The number of aromatic amines is 1. The van der Waals surface area contributed by atoms with Gasteiger partial charge in [0.1, 0.15) is 0 Å². The van der Waals surface area contributed by atoms with Gasteiger partial charge in [-0.2, -0.15) is 0 Å². The zero-order chi connectivity index (χ0) is 11.7. The molecule has 2 heteroatoms. The lowest BCUT2D eigenvalue weighted by atomic mass is 9.99. The summed E-state index contributed by atoms with van der Waals surface area (Å²) in [6.07, 6.45) is 2.56. The molecule has 2 rings (SSSR count). The van der Waals surface area contributed by atoms with Crippen molar-refractivity contribution in [3.63, 3.8) is 0 Å². The smallest absolute Gasteiger partial charge is 0.165 e. The van der Waals surface area contributed by atoms with Crippen molar-refractivity contribution < 1.29 is 4.79 Å². The second-order valence-corrected chi connectivity index (χ2v) is 4.72. The van der Waals surface area contributed by atoms with E-state index in [2.05, 4.69) is 25.8 Å². The Morgan fingerprint density at radius 2 is 2.12 bits per heavy atom. The first kappa shape index (κ1) is 10.9. The van der Waals surface area contributed by atoms with Gasteiger partial charge >= 0.3 is 0 Å². The van der Waals surface area contributed by atoms with Crippen LogP contribution in [-0.2, 0) is 0 Å². The Hall–Kier alpha value is -1.57. The maximum Gasteiger partial charge on any atom is 0.165 e. The maximum absolute atomic E-state index is 12.1. The molecule has 2 nitrogen and oxygen atoms in total. The molecule has 0 aliphatic rings. The van der Waals surface area contributed by atoms with Crippen molar-refractivity contribution in [3.8, 4) is 0 Å². The number of carbonyl (C=O) groups is 1. The van der Waals surface area contributed by atoms with Crippen molar-refractivity contribution in [1.82, 2.24) is 4.98 Å². The van der Waals surface area contributed by atoms with Crippen molar-refractivity contribution in [1.29, 1.82) is 0 Å². The molecule has 16 heavy (non-hydrogen) atoms. The van der Waals surface area contributed by atoms with Gasteiger partial charge in [0.05, 0.1) is 5.52 Å². The Morgan fingerprint density at radius 1 is 1.38 bits per heavy atom. The fourth-order valence-electron chi connectivity index (χ4n) is 2.01. The van der Waals surface area contributed by atoms with Crippen LogP contribution in [0, 0.1) is 12.8 Å². The molecule has 0 spiro atoms. The van der Waals surface area contributed by atoms with E-state index in [-0.39, 0.29) is 5.78 Å². The summed E-state index contributed by atoms with van der Waals surface area (Å²) >= 11 is 0. The van der Waals surface area contributed by atoms with Crippen LogP contribution in [0.25, 0.3) is 10.9 Å². The monoisotopic (exact) mass is 215 g/mol. The normalized spacial score (nSPS) is 11.2. The Morgan fingerprint density at radius 3 is 2.81 bits per heavy atom. The third-order valence-electron chi connectivity index (χ3n) is 2.82. The van der Waals surface area contributed by atoms with Crippen LogP contribution in [-0.4, -0.2) is 10.8 Å². The molecule has 0 atom stereocenters. The van der Waals surface area contributed by atoms with Gasteiger partial charge in [-0.3, -0.25) is 4.79 Å². The molecule has 2 aromatic rings. The molecule has 0 unspecified atom stereocenters. The average Bonchev–Trinajstić information content (AvgIpc) is 2.59. The highest BCUT2D eigenvalue weighted by atomic mass is 16.1. The number of Topliss-reactive ketones (excluding diaryl/α,β-unsaturated/α-hetero) is 1. The van der Waals surface area contributed by atoms with E-state index in [1.165, 1.54) is 5.56 Å². The first-order valence-electron chi connectivity index (χ1n) is 5.69. The summed E-state index contributed by atoms with van der Waals surface area (Å²) in [5.41, 5.74) is 2.99. The third kappa shape index (κ3) is 1.87. The number of H-pyrrole nitrogens is 1. The largest absolute Gasteiger partial charge is 0.360 e. The maximum atomic E-state index is 12.1. The minimum atomic E-state index is 0.224. The van der Waals surface area contributed by atoms with E-state index < -0.39 is 0 Å². The number of hydrogen-bond acceptors (Lipinski definition) is 1. The lowest BCUT2D eigenvalue weighted by Crippen LogP contribution is -2.04. The van der Waals surface area contributed by atoms with Gasteiger partial charge in [-0.15, -0.1) is 0 Å². The van der Waals surface area contributed by atoms with E-state index >= 15 is 0 Å². The van der Waals surface area contributed by atoms with Crippen LogP contribution in [0.4, 0.5) is 0 Å². The number of para-hydroxylation sites is 1. The standard InChI is InChI=1S/C14H17NO/c1-9(2)7-13(16)12-6-4-5-11-10(3)8-15-14(11)12/h4-6,8-9,15H,7H2,1-3H3. The van der Waals surface area contributed by atoms with Crippen molar-refractivity contribution in [2.24, 2.45) is 5.92 Å². The molecule has 1 heterocycles. The minimum absolute atomic E-state index is 0.224. The first-order chi connectivity index (χ1) is 7.59. The van der Waals surface area contributed by atoms with Crippen LogP contribution in [0.3, 0.4) is 0 Å². The molecule has 0 fully saturated rings. The molecule has 84 valence electrons. The van der Waals surface area contributed by atoms with E-state index in [9.17, 15) is 4.79 Å². The number of hydrogen-bond donors (Lipinski definition) is 1. The fourth-order valence-corrected chi connectivity index (χ4v) is 2.01. The summed E-state index contributed by atoms with van der Waals surface area (Å²) in [6.45, 7) is 6.19. The van der Waals surface area contributed by atoms with E-state index in [0.29, 0.717) is 12.3 Å². The highest BCUT2D eigenvalue weighted by Gasteiger charge is 2.13. The van der Waals surface area contributed by atoms with Crippen LogP contribution in [0.2, 0.25) is 0 Å². The van der Waals surface area contributed by atoms with Crippen molar-refractivity contribution in [2.75, 3.05) is 0 Å². The Kier molecular flexibility index (Phi) is 2.82. The van der Waals surface area contributed by atoms with Crippen LogP contribution in [0.5, 0.6) is 0 Å². The molecule has 0 radical (unpaired) electrons. The molecule has 0 aliphatic carbocycles. The van der Waals surface area contributed by atoms with Gasteiger partial charge in [0.25, 0.3) is 0 Å². The molecule has 1 N–H and O–H groups in total. The lowest BCUT2D eigenvalue weighted by molar-refractivity contribution is 0.0969. The van der Waals surface area contributed by atoms with Crippen LogP contribution in [0.1, 0.15) is 36.2 Å². The number of aromatic nitrogens is 1. The number of fused-ring (bicyclic) bond motifs is 1. The van der Waals surface area contributed by atoms with Crippen molar-refractivity contribution >= 4 is 16.7 Å². The van der Waals surface area contributed by atoms with E-state index in [0.717, 1.165) is 16.5 Å². The van der Waals surface area contributed by atoms with E-state index in [1.54, 1.807) is 0 Å². The SMILES string of the molecule is Cc1c[nH]c2c(C(=O)CC(C)C)cccc12. The molecule has 0 saturated carbocycles. The molecule has 1 aromatic heterocycles. The first-order valence-corrected chi connectivity index (χ1v) is 5.69. The summed E-state index contributed by atoms with van der Waals surface area (Å²) in [4.78, 5) is 15.2. The zero-order valence-electron chi connectivity index (χ0n) is 10.0. The fraction of sp³-hybridized carbons (Fsp3) is 0.357. The Balaban J connectivity index is 2.48. The highest BCUT2D eigenvalue weighted by molar-refractivity contribution is 6.07. The summed E-state index contributed by atoms with van der Waals surface area (Å²) < 4.78 is 0. The van der Waals surface area contributed by atoms with Crippen LogP contribution >= 0.6 is 0 Å². The van der Waals surface area contributed by atoms with E-state index in [4.69, 9.17) is 0 Å². The quantitative estimate of drug-likeness (QED) is 0.778. The number of carbonyl (C=O) groups excluding carboxylic acids is 1. The van der Waals surface area contributed by atoms with Gasteiger partial charge in [0.15, 0.2) is 5.78 Å². The summed E-state index contributed by atoms with van der Waals surface area (Å²) in [7, 11) is 0. The summed E-state index contributed by atoms with van der Waals surface area (Å²) in [6, 6.07) is 5.91. The molecule has 0 amide bonds. The van der Waals surface area contributed by atoms with Gasteiger partial charge in [-0.05, 0) is 24.5 Å². The second kappa shape index (κ2) is 4.12.